The van der Waals surface area contributed by atoms with Gasteiger partial charge in [0.25, 0.3) is 5.91 Å². The number of piperazine rings is 1. The number of rotatable bonds is 6. The Morgan fingerprint density at radius 1 is 1.00 bits per heavy atom. The van der Waals surface area contributed by atoms with E-state index in [1.54, 1.807) is 23.1 Å². The molecule has 0 aliphatic carbocycles. The zero-order chi connectivity index (χ0) is 23.4. The average molecular weight is 523 g/mol. The molecule has 0 saturated carbocycles. The van der Waals surface area contributed by atoms with Crippen LogP contribution in [-0.4, -0.2) is 41.9 Å². The van der Waals surface area contributed by atoms with Crippen LogP contribution in [0, 0.1) is 0 Å². The van der Waals surface area contributed by atoms with Gasteiger partial charge in [0.1, 0.15) is 18.1 Å². The maximum atomic E-state index is 12.9. The van der Waals surface area contributed by atoms with Crippen LogP contribution < -0.4 is 4.74 Å². The summed E-state index contributed by atoms with van der Waals surface area (Å²) in [6.07, 6.45) is -4.35. The summed E-state index contributed by atoms with van der Waals surface area (Å²) in [6.45, 7) is 2.71. The summed E-state index contributed by atoms with van der Waals surface area (Å²) in [6, 6.07) is 16.1. The number of carbonyl (C=O) groups excluding carboxylic acids is 1. The first kappa shape index (κ1) is 23.4. The van der Waals surface area contributed by atoms with Crippen molar-refractivity contribution in [1.82, 2.24) is 9.80 Å². The van der Waals surface area contributed by atoms with Crippen molar-refractivity contribution >= 4 is 21.8 Å². The minimum absolute atomic E-state index is 0.205. The third kappa shape index (κ3) is 6.17. The van der Waals surface area contributed by atoms with Gasteiger partial charge in [-0.1, -0.05) is 34.1 Å². The van der Waals surface area contributed by atoms with Crippen LogP contribution in [-0.2, 0) is 19.3 Å². The molecule has 5 nitrogen and oxygen atoms in total. The molecule has 1 saturated heterocycles. The monoisotopic (exact) mass is 522 g/mol. The molecular weight excluding hydrogens is 501 g/mol. The summed E-state index contributed by atoms with van der Waals surface area (Å²) in [5.74, 6) is 1.28. The summed E-state index contributed by atoms with van der Waals surface area (Å²) in [5.41, 5.74) is -0.0439. The van der Waals surface area contributed by atoms with Gasteiger partial charge in [0.05, 0.1) is 5.56 Å². The molecule has 0 spiro atoms. The van der Waals surface area contributed by atoms with Gasteiger partial charge in [-0.25, -0.2) is 0 Å². The second-order valence-corrected chi connectivity index (χ2v) is 8.69. The van der Waals surface area contributed by atoms with Crippen molar-refractivity contribution in [2.75, 3.05) is 26.2 Å². The second kappa shape index (κ2) is 10.0. The standard InChI is InChI=1S/C24H22BrF3N2O3/c25-19-4-6-20(7-5-19)32-16-21-8-9-22(33-21)23(31)30-12-10-29(11-13-30)15-17-2-1-3-18(14-17)24(26,27)28/h1-9,14H,10-13,15-16H2. The van der Waals surface area contributed by atoms with Gasteiger partial charge in [-0.3, -0.25) is 9.69 Å². The number of hydrogen-bond donors (Lipinski definition) is 0. The fourth-order valence-electron chi connectivity index (χ4n) is 3.62. The lowest BCUT2D eigenvalue weighted by molar-refractivity contribution is -0.137. The molecule has 174 valence electrons. The molecule has 3 aromatic rings. The topological polar surface area (TPSA) is 45.9 Å². The van der Waals surface area contributed by atoms with Crippen molar-refractivity contribution in [3.8, 4) is 5.75 Å². The lowest BCUT2D eigenvalue weighted by Gasteiger charge is -2.34. The molecule has 0 radical (unpaired) electrons. The summed E-state index contributed by atoms with van der Waals surface area (Å²) in [4.78, 5) is 16.5. The van der Waals surface area contributed by atoms with Crippen LogP contribution in [0.1, 0.15) is 27.4 Å². The summed E-state index contributed by atoms with van der Waals surface area (Å²) >= 11 is 3.37. The van der Waals surface area contributed by atoms with Crippen molar-refractivity contribution in [3.05, 3.63) is 87.8 Å². The summed E-state index contributed by atoms with van der Waals surface area (Å²) < 4.78 is 51.1. The molecule has 33 heavy (non-hydrogen) atoms. The Kier molecular flexibility index (Phi) is 7.09. The van der Waals surface area contributed by atoms with E-state index in [0.717, 1.165) is 10.5 Å². The molecule has 1 fully saturated rings. The number of alkyl halides is 3. The van der Waals surface area contributed by atoms with Crippen molar-refractivity contribution < 1.29 is 27.1 Å². The molecule has 0 unspecified atom stereocenters. The highest BCUT2D eigenvalue weighted by atomic mass is 79.9. The van der Waals surface area contributed by atoms with E-state index in [9.17, 15) is 18.0 Å². The molecule has 1 aliphatic rings. The predicted molar refractivity (Wildman–Crippen MR) is 120 cm³/mol. The van der Waals surface area contributed by atoms with E-state index in [-0.39, 0.29) is 18.3 Å². The third-order valence-corrected chi connectivity index (χ3v) is 5.92. The second-order valence-electron chi connectivity index (χ2n) is 7.78. The Bertz CT molecular complexity index is 1090. The van der Waals surface area contributed by atoms with E-state index in [2.05, 4.69) is 15.9 Å². The molecule has 4 rings (SSSR count). The molecule has 1 amide bonds. The average Bonchev–Trinajstić information content (AvgIpc) is 3.27. The van der Waals surface area contributed by atoms with E-state index in [1.165, 1.54) is 12.1 Å². The fourth-order valence-corrected chi connectivity index (χ4v) is 3.89. The molecule has 2 aromatic carbocycles. The van der Waals surface area contributed by atoms with E-state index in [1.807, 2.05) is 29.2 Å². The highest BCUT2D eigenvalue weighted by Crippen LogP contribution is 2.30. The van der Waals surface area contributed by atoms with Gasteiger partial charge in [0.2, 0.25) is 0 Å². The normalized spacial score (nSPS) is 15.0. The minimum atomic E-state index is -4.35. The number of ether oxygens (including phenoxy) is 1. The zero-order valence-corrected chi connectivity index (χ0v) is 19.2. The lowest BCUT2D eigenvalue weighted by atomic mass is 10.1. The molecule has 2 heterocycles. The third-order valence-electron chi connectivity index (χ3n) is 5.39. The van der Waals surface area contributed by atoms with Crippen LogP contribution >= 0.6 is 15.9 Å². The number of hydrogen-bond acceptors (Lipinski definition) is 4. The van der Waals surface area contributed by atoms with Crippen LogP contribution in [0.3, 0.4) is 0 Å². The zero-order valence-electron chi connectivity index (χ0n) is 17.6. The Morgan fingerprint density at radius 3 is 2.42 bits per heavy atom. The van der Waals surface area contributed by atoms with Crippen molar-refractivity contribution in [2.24, 2.45) is 0 Å². The Balaban J connectivity index is 1.28. The van der Waals surface area contributed by atoms with E-state index >= 15 is 0 Å². The summed E-state index contributed by atoms with van der Waals surface area (Å²) in [5, 5.41) is 0. The minimum Gasteiger partial charge on any atom is -0.486 e. The highest BCUT2D eigenvalue weighted by molar-refractivity contribution is 9.10. The number of furan rings is 1. The smallest absolute Gasteiger partial charge is 0.416 e. The van der Waals surface area contributed by atoms with Crippen molar-refractivity contribution in [1.29, 1.82) is 0 Å². The predicted octanol–water partition coefficient (Wildman–Crippen LogP) is 5.60. The first-order valence-corrected chi connectivity index (χ1v) is 11.2. The molecule has 0 atom stereocenters. The number of nitrogens with zero attached hydrogens (tertiary/aromatic N) is 2. The Morgan fingerprint density at radius 2 is 1.73 bits per heavy atom. The summed E-state index contributed by atoms with van der Waals surface area (Å²) in [7, 11) is 0. The molecular formula is C24H22BrF3N2O3. The van der Waals surface area contributed by atoms with Crippen LogP contribution in [0.4, 0.5) is 13.2 Å². The fraction of sp³-hybridized carbons (Fsp3) is 0.292. The number of halogens is 4. The SMILES string of the molecule is O=C(c1ccc(COc2ccc(Br)cc2)o1)N1CCN(Cc2cccc(C(F)(F)F)c2)CC1. The molecule has 0 N–H and O–H groups in total. The van der Waals surface area contributed by atoms with E-state index in [0.29, 0.717) is 49.8 Å². The first-order chi connectivity index (χ1) is 15.8. The Labute approximate surface area is 197 Å². The van der Waals surface area contributed by atoms with Gasteiger partial charge in [0.15, 0.2) is 5.76 Å². The van der Waals surface area contributed by atoms with E-state index in [4.69, 9.17) is 9.15 Å². The number of carbonyl (C=O) groups is 1. The van der Waals surface area contributed by atoms with Crippen LogP contribution in [0.15, 0.2) is 69.6 Å². The van der Waals surface area contributed by atoms with Crippen LogP contribution in [0.2, 0.25) is 0 Å². The Hall–Kier alpha value is -2.78. The number of amides is 1. The maximum absolute atomic E-state index is 12.9. The van der Waals surface area contributed by atoms with Crippen LogP contribution in [0.5, 0.6) is 5.75 Å². The largest absolute Gasteiger partial charge is 0.486 e. The first-order valence-electron chi connectivity index (χ1n) is 10.4. The van der Waals surface area contributed by atoms with Gasteiger partial charge >= 0.3 is 6.18 Å². The van der Waals surface area contributed by atoms with Gasteiger partial charge < -0.3 is 14.1 Å². The lowest BCUT2D eigenvalue weighted by Crippen LogP contribution is -2.48. The number of benzene rings is 2. The molecule has 1 aromatic heterocycles. The van der Waals surface area contributed by atoms with Crippen molar-refractivity contribution in [2.45, 2.75) is 19.3 Å². The van der Waals surface area contributed by atoms with Gasteiger partial charge in [-0.05, 0) is 48.0 Å². The van der Waals surface area contributed by atoms with Crippen LogP contribution in [0.25, 0.3) is 0 Å². The molecule has 0 bridgehead atoms. The molecule has 1 aliphatic heterocycles. The highest BCUT2D eigenvalue weighted by Gasteiger charge is 2.30. The quantitative estimate of drug-likeness (QED) is 0.422. The maximum Gasteiger partial charge on any atom is 0.416 e. The van der Waals surface area contributed by atoms with Gasteiger partial charge in [-0.2, -0.15) is 13.2 Å². The van der Waals surface area contributed by atoms with E-state index < -0.39 is 11.7 Å². The van der Waals surface area contributed by atoms with Crippen molar-refractivity contribution in [3.63, 3.8) is 0 Å². The van der Waals surface area contributed by atoms with Gasteiger partial charge in [0, 0.05) is 37.2 Å². The molecule has 9 heteroatoms. The van der Waals surface area contributed by atoms with Gasteiger partial charge in [-0.15, -0.1) is 0 Å².